The van der Waals surface area contributed by atoms with Crippen LogP contribution in [0.3, 0.4) is 0 Å². The van der Waals surface area contributed by atoms with Gasteiger partial charge in [0.2, 0.25) is 0 Å². The summed E-state index contributed by atoms with van der Waals surface area (Å²) in [4.78, 5) is 15.1. The average Bonchev–Trinajstić information content (AvgIpc) is 3.45. The predicted molar refractivity (Wildman–Crippen MR) is 104 cm³/mol. The van der Waals surface area contributed by atoms with Crippen molar-refractivity contribution in [2.45, 2.75) is 31.7 Å². The van der Waals surface area contributed by atoms with E-state index in [1.807, 2.05) is 18.6 Å². The van der Waals surface area contributed by atoms with E-state index in [4.69, 9.17) is 9.40 Å². The first-order valence-electron chi connectivity index (χ1n) is 9.92. The Bertz CT molecular complexity index is 1080. The van der Waals surface area contributed by atoms with Crippen LogP contribution in [-0.2, 0) is 13.0 Å². The van der Waals surface area contributed by atoms with Crippen molar-refractivity contribution in [2.75, 3.05) is 19.6 Å². The monoisotopic (exact) mass is 361 g/mol. The third-order valence-electron chi connectivity index (χ3n) is 6.48. The second-order valence-electron chi connectivity index (χ2n) is 7.98. The lowest BCUT2D eigenvalue weighted by molar-refractivity contribution is 0.0877. The van der Waals surface area contributed by atoms with Crippen LogP contribution in [0.5, 0.6) is 0 Å². The van der Waals surface area contributed by atoms with Crippen LogP contribution in [-0.4, -0.2) is 44.1 Å². The van der Waals surface area contributed by atoms with Crippen molar-refractivity contribution in [3.8, 4) is 0 Å². The lowest BCUT2D eigenvalue weighted by atomic mass is 9.75. The molecule has 3 fully saturated rings. The first-order chi connectivity index (χ1) is 13.3. The van der Waals surface area contributed by atoms with E-state index >= 15 is 0 Å². The van der Waals surface area contributed by atoms with Gasteiger partial charge in [0.25, 0.3) is 0 Å². The molecule has 0 amide bonds. The number of nitrogens with one attached hydrogen (secondary N) is 1. The van der Waals surface area contributed by atoms with E-state index in [9.17, 15) is 0 Å². The molecule has 6 nitrogen and oxygen atoms in total. The molecule has 6 heteroatoms. The molecule has 138 valence electrons. The average molecular weight is 361 g/mol. The van der Waals surface area contributed by atoms with Crippen molar-refractivity contribution in [1.82, 2.24) is 24.4 Å². The summed E-state index contributed by atoms with van der Waals surface area (Å²) < 4.78 is 8.13. The smallest absolute Gasteiger partial charge is 0.197 e. The Kier molecular flexibility index (Phi) is 3.41. The summed E-state index contributed by atoms with van der Waals surface area (Å²) in [5.74, 6) is 2.21. The summed E-state index contributed by atoms with van der Waals surface area (Å²) in [7, 11) is 0. The zero-order valence-electron chi connectivity index (χ0n) is 15.3. The Balaban J connectivity index is 1.40. The van der Waals surface area contributed by atoms with Gasteiger partial charge in [0, 0.05) is 54.9 Å². The molecule has 4 aromatic rings. The van der Waals surface area contributed by atoms with Crippen molar-refractivity contribution in [1.29, 1.82) is 0 Å². The zero-order chi connectivity index (χ0) is 17.8. The number of hydrogen-bond acceptors (Lipinski definition) is 4. The quantitative estimate of drug-likeness (QED) is 0.604. The number of rotatable bonds is 4. The third-order valence-corrected chi connectivity index (χ3v) is 6.48. The number of oxazole rings is 1. The molecule has 6 heterocycles. The van der Waals surface area contributed by atoms with E-state index in [0.29, 0.717) is 5.92 Å². The minimum absolute atomic E-state index is 0.609. The lowest BCUT2D eigenvalue weighted by Crippen LogP contribution is -2.46. The van der Waals surface area contributed by atoms with Gasteiger partial charge in [-0.1, -0.05) is 0 Å². The van der Waals surface area contributed by atoms with Gasteiger partial charge in [0.1, 0.15) is 5.52 Å². The van der Waals surface area contributed by atoms with Crippen molar-refractivity contribution in [3.63, 3.8) is 0 Å². The molecule has 3 aliphatic rings. The summed E-state index contributed by atoms with van der Waals surface area (Å²) in [6, 6.07) is 4.18. The molecule has 0 spiro atoms. The van der Waals surface area contributed by atoms with Crippen LogP contribution < -0.4 is 0 Å². The van der Waals surface area contributed by atoms with Gasteiger partial charge in [-0.15, -0.1) is 0 Å². The van der Waals surface area contributed by atoms with Crippen LogP contribution in [0.25, 0.3) is 22.0 Å². The van der Waals surface area contributed by atoms with E-state index in [1.54, 1.807) is 6.20 Å². The predicted octanol–water partition coefficient (Wildman–Crippen LogP) is 3.56. The van der Waals surface area contributed by atoms with Gasteiger partial charge in [-0.2, -0.15) is 0 Å². The van der Waals surface area contributed by atoms with Gasteiger partial charge in [0.15, 0.2) is 11.5 Å². The summed E-state index contributed by atoms with van der Waals surface area (Å²) in [5.41, 5.74) is 4.51. The maximum atomic E-state index is 6.08. The number of aryl methyl sites for hydroxylation is 2. The molecule has 3 aliphatic heterocycles. The van der Waals surface area contributed by atoms with Crippen molar-refractivity contribution < 1.29 is 4.42 Å². The number of aromatic amines is 1. The van der Waals surface area contributed by atoms with Crippen LogP contribution in [0.15, 0.2) is 41.5 Å². The van der Waals surface area contributed by atoms with Gasteiger partial charge < -0.3 is 18.9 Å². The van der Waals surface area contributed by atoms with E-state index in [2.05, 4.69) is 31.7 Å². The van der Waals surface area contributed by atoms with E-state index in [1.165, 1.54) is 48.9 Å². The molecule has 0 saturated carbocycles. The summed E-state index contributed by atoms with van der Waals surface area (Å²) in [6.07, 6.45) is 11.2. The fraction of sp³-hybridized carbons (Fsp3) is 0.429. The molecule has 3 saturated heterocycles. The second kappa shape index (κ2) is 5.96. The van der Waals surface area contributed by atoms with Gasteiger partial charge in [-0.05, 0) is 49.5 Å². The molecule has 1 unspecified atom stereocenters. The van der Waals surface area contributed by atoms with Gasteiger partial charge in [-0.25, -0.2) is 9.97 Å². The minimum Gasteiger partial charge on any atom is -0.441 e. The summed E-state index contributed by atoms with van der Waals surface area (Å²) in [6.45, 7) is 4.54. The van der Waals surface area contributed by atoms with Crippen LogP contribution in [0, 0.1) is 5.92 Å². The number of nitrogens with zero attached hydrogens (tertiary/aromatic N) is 4. The molecule has 1 atom stereocenters. The molecule has 0 radical (unpaired) electrons. The standard InChI is InChI=1S/C21H23N5O/c1-2-18-21(24-19(27-18)5-9-26-10-6-22-13-26)20-15(11-23-17(1)20)16-12-25-7-3-14(16)4-8-25/h1-2,6,10-11,13-14,16,23H,3-5,7-9,12H2. The Morgan fingerprint density at radius 1 is 1.22 bits per heavy atom. The van der Waals surface area contributed by atoms with E-state index in [-0.39, 0.29) is 0 Å². The highest BCUT2D eigenvalue weighted by atomic mass is 16.3. The van der Waals surface area contributed by atoms with Gasteiger partial charge >= 0.3 is 0 Å². The number of aromatic nitrogens is 4. The lowest BCUT2D eigenvalue weighted by Gasteiger charge is -2.44. The molecule has 1 N–H and O–H groups in total. The molecular weight excluding hydrogens is 338 g/mol. The highest BCUT2D eigenvalue weighted by Gasteiger charge is 2.36. The molecule has 27 heavy (non-hydrogen) atoms. The summed E-state index contributed by atoms with van der Waals surface area (Å²) in [5, 5.41) is 1.27. The van der Waals surface area contributed by atoms with Crippen LogP contribution >= 0.6 is 0 Å². The van der Waals surface area contributed by atoms with Gasteiger partial charge in [-0.3, -0.25) is 0 Å². The second-order valence-corrected chi connectivity index (χ2v) is 7.98. The number of fused-ring (bicyclic) bond motifs is 6. The number of imidazole rings is 1. The van der Waals surface area contributed by atoms with Crippen molar-refractivity contribution in [2.24, 2.45) is 5.92 Å². The molecular formula is C21H23N5O. The zero-order valence-corrected chi connectivity index (χ0v) is 15.3. The number of hydrogen-bond donors (Lipinski definition) is 1. The Hall–Kier alpha value is -2.60. The van der Waals surface area contributed by atoms with E-state index < -0.39 is 0 Å². The Morgan fingerprint density at radius 2 is 2.15 bits per heavy atom. The molecule has 0 aliphatic carbocycles. The van der Waals surface area contributed by atoms with Crippen molar-refractivity contribution >= 4 is 22.0 Å². The number of H-pyrrole nitrogens is 1. The van der Waals surface area contributed by atoms with Crippen LogP contribution in [0.1, 0.15) is 30.2 Å². The van der Waals surface area contributed by atoms with Crippen molar-refractivity contribution in [3.05, 3.63) is 48.5 Å². The maximum absolute atomic E-state index is 6.08. The Morgan fingerprint density at radius 3 is 2.93 bits per heavy atom. The normalized spacial score (nSPS) is 25.0. The topological polar surface area (TPSA) is 62.9 Å². The molecule has 1 aromatic carbocycles. The highest BCUT2D eigenvalue weighted by Crippen LogP contribution is 2.42. The van der Waals surface area contributed by atoms with E-state index in [0.717, 1.165) is 35.9 Å². The fourth-order valence-corrected chi connectivity index (χ4v) is 5.04. The third kappa shape index (κ3) is 2.51. The molecule has 2 bridgehead atoms. The van der Waals surface area contributed by atoms with Crippen LogP contribution in [0.2, 0.25) is 0 Å². The Labute approximate surface area is 157 Å². The summed E-state index contributed by atoms with van der Waals surface area (Å²) >= 11 is 0. The number of piperidine rings is 3. The maximum Gasteiger partial charge on any atom is 0.197 e. The fourth-order valence-electron chi connectivity index (χ4n) is 5.04. The molecule has 3 aromatic heterocycles. The first-order valence-corrected chi connectivity index (χ1v) is 9.92. The number of benzene rings is 1. The largest absolute Gasteiger partial charge is 0.441 e. The molecule has 7 rings (SSSR count). The minimum atomic E-state index is 0.609. The van der Waals surface area contributed by atoms with Gasteiger partial charge in [0.05, 0.1) is 6.33 Å². The SMILES string of the molecule is c1cn(CCc2nc3c(ccc4[nH]cc(C5CN6CCC5CC6)c43)o2)cn1. The first kappa shape index (κ1) is 15.5. The van der Waals surface area contributed by atoms with Crippen LogP contribution in [0.4, 0.5) is 0 Å². The highest BCUT2D eigenvalue weighted by molar-refractivity contribution is 6.04.